The van der Waals surface area contributed by atoms with Crippen molar-refractivity contribution in [3.05, 3.63) is 119 Å². The summed E-state index contributed by atoms with van der Waals surface area (Å²) >= 11 is 0. The maximum atomic E-state index is 15.6. The summed E-state index contributed by atoms with van der Waals surface area (Å²) in [6.45, 7) is 16.3. The number of aliphatic hydroxyl groups excluding tert-OH is 1. The van der Waals surface area contributed by atoms with Crippen LogP contribution in [0.25, 0.3) is 0 Å². The first-order valence-corrected chi connectivity index (χ1v) is 29.1. The zero-order valence-electron chi connectivity index (χ0n) is 49.6. The first-order valence-electron chi connectivity index (χ1n) is 29.1. The minimum absolute atomic E-state index is 0.0151. The Morgan fingerprint density at radius 2 is 1.35 bits per heavy atom. The number of nitrogens with one attached hydrogen (secondary N) is 1. The molecule has 3 aromatic carbocycles. The van der Waals surface area contributed by atoms with Crippen LogP contribution in [0.4, 0.5) is 0 Å². The number of Topliss-reactive ketones (excluding diaryl/α,β-unsaturated/α-hetero) is 1. The number of carbonyl (C=O) groups is 7. The van der Waals surface area contributed by atoms with Gasteiger partial charge in [0.25, 0.3) is 5.91 Å². The molecule has 4 heterocycles. The molecule has 3 N–H and O–H groups in total. The third kappa shape index (κ3) is 11.8. The average Bonchev–Trinajstić information content (AvgIpc) is 1.29. The van der Waals surface area contributed by atoms with Gasteiger partial charge in [0.15, 0.2) is 41.5 Å². The lowest BCUT2D eigenvalue weighted by atomic mass is 9.42. The summed E-state index contributed by atoms with van der Waals surface area (Å²) in [6, 6.07) is 23.4. The second-order valence-corrected chi connectivity index (χ2v) is 25.3. The molecule has 0 radical (unpaired) electrons. The van der Waals surface area contributed by atoms with Crippen molar-refractivity contribution in [2.75, 3.05) is 13.2 Å². The van der Waals surface area contributed by atoms with E-state index in [0.717, 1.165) is 0 Å². The zero-order chi connectivity index (χ0) is 61.2. The van der Waals surface area contributed by atoms with E-state index in [0.29, 0.717) is 22.3 Å². The van der Waals surface area contributed by atoms with Gasteiger partial charge in [-0.2, -0.15) is 0 Å². The van der Waals surface area contributed by atoms with Crippen molar-refractivity contribution in [3.63, 3.8) is 0 Å². The number of rotatable bonds is 17. The lowest BCUT2D eigenvalue weighted by molar-refractivity contribution is -0.347. The maximum absolute atomic E-state index is 15.6. The van der Waals surface area contributed by atoms with E-state index in [-0.39, 0.29) is 43.8 Å². The van der Waals surface area contributed by atoms with E-state index in [4.69, 9.17) is 52.1 Å². The van der Waals surface area contributed by atoms with Crippen LogP contribution in [0.5, 0.6) is 0 Å². The smallest absolute Gasteiger partial charge is 0.350 e. The number of hydrogen-bond donors (Lipinski definition) is 3. The molecule has 0 spiro atoms. The van der Waals surface area contributed by atoms with E-state index in [2.05, 4.69) is 5.32 Å². The van der Waals surface area contributed by atoms with Crippen LogP contribution >= 0.6 is 0 Å². The van der Waals surface area contributed by atoms with E-state index in [1.54, 1.807) is 146 Å². The van der Waals surface area contributed by atoms with Crippen LogP contribution in [0.15, 0.2) is 102 Å². The van der Waals surface area contributed by atoms with Crippen molar-refractivity contribution < 1.29 is 95.9 Å². The molecule has 21 nitrogen and oxygen atoms in total. The van der Waals surface area contributed by atoms with Crippen molar-refractivity contribution in [1.29, 1.82) is 0 Å². The van der Waals surface area contributed by atoms with Gasteiger partial charge in [0, 0.05) is 66.9 Å². The number of ether oxygens (including phenoxy) is 11. The number of carbonyl (C=O) groups excluding carboxylic acids is 7. The van der Waals surface area contributed by atoms with E-state index >= 15 is 4.79 Å². The lowest BCUT2D eigenvalue weighted by Crippen LogP contribution is -2.78. The first-order chi connectivity index (χ1) is 40.1. The van der Waals surface area contributed by atoms with E-state index in [1.165, 1.54) is 13.8 Å². The second-order valence-electron chi connectivity index (χ2n) is 25.3. The topological polar surface area (TPSA) is 274 Å². The summed E-state index contributed by atoms with van der Waals surface area (Å²) in [5.41, 5.74) is -4.91. The highest BCUT2D eigenvalue weighted by Gasteiger charge is 2.75. The SMILES string of the molecule is CC(=O)OC1C[C@]2(C)C(O)CC3OC[C@@]3(OC(C)=O)C2[C@H](CC(=O)c2ccccc2)C2(O)CC(OC(=O)C(OC(=O)CCC(=O)OC3C(C4COC(C)(C)O4)OC4OC(C)(C)OC43)C(NC(=O)c3ccccc3)c3ccccc3)C(C)=C1C2(C)C. The fourth-order valence-corrected chi connectivity index (χ4v) is 14.6. The van der Waals surface area contributed by atoms with Gasteiger partial charge in [-0.3, -0.25) is 28.8 Å². The van der Waals surface area contributed by atoms with Gasteiger partial charge < -0.3 is 67.6 Å². The number of ketones is 1. The number of fused-ring (bicyclic) bond motifs is 6. The Hall–Kier alpha value is -6.43. The molecule has 3 aliphatic carbocycles. The molecule has 458 valence electrons. The van der Waals surface area contributed by atoms with Gasteiger partial charge in [-0.1, -0.05) is 99.6 Å². The van der Waals surface area contributed by atoms with Crippen LogP contribution < -0.4 is 5.32 Å². The molecule has 13 unspecified atom stereocenters. The molecule has 85 heavy (non-hydrogen) atoms. The molecule has 10 rings (SSSR count). The van der Waals surface area contributed by atoms with E-state index in [9.17, 15) is 39.0 Å². The number of amides is 1. The molecule has 1 amide bonds. The molecule has 4 saturated heterocycles. The third-order valence-corrected chi connectivity index (χ3v) is 18.5. The zero-order valence-corrected chi connectivity index (χ0v) is 49.6. The van der Waals surface area contributed by atoms with E-state index < -0.39 is 168 Å². The lowest BCUT2D eigenvalue weighted by Gasteiger charge is -2.69. The van der Waals surface area contributed by atoms with Gasteiger partial charge in [-0.25, -0.2) is 4.79 Å². The Kier molecular flexibility index (Phi) is 16.9. The molecule has 0 aromatic heterocycles. The van der Waals surface area contributed by atoms with Crippen LogP contribution in [0.1, 0.15) is 140 Å². The maximum Gasteiger partial charge on any atom is 0.350 e. The van der Waals surface area contributed by atoms with Crippen LogP contribution in [-0.4, -0.2) is 149 Å². The highest BCUT2D eigenvalue weighted by molar-refractivity contribution is 5.96. The molecule has 4 aliphatic heterocycles. The van der Waals surface area contributed by atoms with E-state index in [1.807, 2.05) is 0 Å². The van der Waals surface area contributed by atoms with Crippen molar-refractivity contribution in [3.8, 4) is 0 Å². The molecular weight excluding hydrogens is 1100 g/mol. The third-order valence-electron chi connectivity index (χ3n) is 18.5. The molecule has 2 saturated carbocycles. The molecule has 16 atom stereocenters. The van der Waals surface area contributed by atoms with Crippen LogP contribution in [0.3, 0.4) is 0 Å². The minimum atomic E-state index is -2.15. The van der Waals surface area contributed by atoms with Gasteiger partial charge in [0.1, 0.15) is 36.6 Å². The summed E-state index contributed by atoms with van der Waals surface area (Å²) in [7, 11) is 0. The minimum Gasteiger partial charge on any atom is -0.458 e. The summed E-state index contributed by atoms with van der Waals surface area (Å²) in [6.07, 6.45) is -13.1. The van der Waals surface area contributed by atoms with Gasteiger partial charge in [-0.05, 0) is 69.9 Å². The number of hydrogen-bond acceptors (Lipinski definition) is 20. The van der Waals surface area contributed by atoms with Gasteiger partial charge in [0.05, 0.1) is 37.8 Å². The van der Waals surface area contributed by atoms with Crippen LogP contribution in [-0.2, 0) is 76.1 Å². The molecule has 6 fully saturated rings. The van der Waals surface area contributed by atoms with Crippen molar-refractivity contribution >= 4 is 41.5 Å². The van der Waals surface area contributed by atoms with Gasteiger partial charge >= 0.3 is 29.8 Å². The van der Waals surface area contributed by atoms with Crippen LogP contribution in [0, 0.1) is 22.7 Å². The average molecular weight is 1180 g/mol. The van der Waals surface area contributed by atoms with Crippen LogP contribution in [0.2, 0.25) is 0 Å². The summed E-state index contributed by atoms with van der Waals surface area (Å²) in [5.74, 6) is -9.81. The summed E-state index contributed by atoms with van der Waals surface area (Å²) in [5, 5.41) is 29.6. The largest absolute Gasteiger partial charge is 0.458 e. The Morgan fingerprint density at radius 1 is 0.718 bits per heavy atom. The second kappa shape index (κ2) is 23.3. The summed E-state index contributed by atoms with van der Waals surface area (Å²) in [4.78, 5) is 99.8. The Bertz CT molecular complexity index is 3080. The first kappa shape index (κ1) is 61.7. The number of esters is 5. The molecule has 3 aromatic rings. The monoisotopic (exact) mass is 1180 g/mol. The Morgan fingerprint density at radius 3 is 1.95 bits per heavy atom. The molecule has 7 aliphatic rings. The highest BCUT2D eigenvalue weighted by atomic mass is 16.9. The molecule has 2 bridgehead atoms. The van der Waals surface area contributed by atoms with Gasteiger partial charge in [-0.15, -0.1) is 0 Å². The Balaban J connectivity index is 1.02. The fourth-order valence-electron chi connectivity index (χ4n) is 14.6. The van der Waals surface area contributed by atoms with Crippen molar-refractivity contribution in [1.82, 2.24) is 5.32 Å². The Labute approximate surface area is 493 Å². The van der Waals surface area contributed by atoms with Gasteiger partial charge in [0.2, 0.25) is 6.10 Å². The quantitative estimate of drug-likeness (QED) is 0.0564. The molecule has 21 heteroatoms. The predicted octanol–water partition coefficient (Wildman–Crippen LogP) is 6.49. The summed E-state index contributed by atoms with van der Waals surface area (Å²) < 4.78 is 67.6. The predicted molar refractivity (Wildman–Crippen MR) is 297 cm³/mol. The number of aliphatic hydroxyl groups is 2. The van der Waals surface area contributed by atoms with Crippen molar-refractivity contribution in [2.45, 2.75) is 198 Å². The molecular formula is C64H77NO20. The normalized spacial score (nSPS) is 34.5. The van der Waals surface area contributed by atoms with Crippen molar-refractivity contribution in [2.24, 2.45) is 22.7 Å². The number of benzene rings is 3. The highest BCUT2D eigenvalue weighted by Crippen LogP contribution is 2.67. The fraction of sp³-hybridized carbons (Fsp3) is 0.578. The standard InChI is InChI=1S/C64H77NO20/c1-34-42(31-64(74)40(28-41(68)37-20-14-11-15-21-37)55-62(10,30-43(77-35(2)66)49(34)59(64,4)5)45(69)29-46-63(55,33-75-46)82-36(3)67)78-57(73)52(50(38-22-16-12-17-23-38)65-56(72)39-24-18-13-19-25-39)79-47(70)26-27-48(71)80-53-51(44-32-76-60(6,7)83-44)81-58-54(53)84-61(8,9)85-58/h11-25,40,42-46,50-55,58,69,74H,26-33H2,1-10H3,(H,65,72)/t40-,42?,43?,44?,45?,46?,50?,51?,52?,53?,54?,55?,58?,62+,63-,64?/m0/s1.